The molecule has 2 fully saturated rings. The minimum absolute atomic E-state index is 0.0729. The van der Waals surface area contributed by atoms with Crippen LogP contribution in [0.5, 0.6) is 0 Å². The third-order valence-electron chi connectivity index (χ3n) is 4.94. The highest BCUT2D eigenvalue weighted by Gasteiger charge is 2.42. The zero-order chi connectivity index (χ0) is 16.2. The first-order valence-corrected chi connectivity index (χ1v) is 9.03. The largest absolute Gasteiger partial charge is 0.379 e. The zero-order valence-electron chi connectivity index (χ0n) is 14.7. The van der Waals surface area contributed by atoms with E-state index in [1.165, 1.54) is 32.1 Å². The number of carbonyl (C=O) groups is 1. The zero-order valence-corrected chi connectivity index (χ0v) is 14.7. The highest BCUT2D eigenvalue weighted by Crippen LogP contribution is 2.26. The molecular formula is C18H34N2O2. The van der Waals surface area contributed by atoms with Crippen LogP contribution in [0.1, 0.15) is 65.7 Å². The molecule has 1 atom stereocenters. The highest BCUT2D eigenvalue weighted by molar-refractivity contribution is 5.86. The standard InChI is InChI=1S/C18H34N2O2/c1-17(2,3)14-20-11-7-10-18(22,16(20)21)13-19-12-15-8-5-4-6-9-15/h15,19,22H,4-14H2,1-3H3. The van der Waals surface area contributed by atoms with Crippen LogP contribution >= 0.6 is 0 Å². The molecule has 1 aliphatic carbocycles. The van der Waals surface area contributed by atoms with E-state index in [9.17, 15) is 9.90 Å². The fourth-order valence-corrected chi connectivity index (χ4v) is 3.83. The Morgan fingerprint density at radius 1 is 1.23 bits per heavy atom. The number of piperidine rings is 1. The van der Waals surface area contributed by atoms with Gasteiger partial charge in [-0.15, -0.1) is 0 Å². The molecule has 1 heterocycles. The minimum Gasteiger partial charge on any atom is -0.379 e. The van der Waals surface area contributed by atoms with E-state index in [4.69, 9.17) is 0 Å². The Hall–Kier alpha value is -0.610. The predicted molar refractivity (Wildman–Crippen MR) is 89.7 cm³/mol. The van der Waals surface area contributed by atoms with Gasteiger partial charge >= 0.3 is 0 Å². The Morgan fingerprint density at radius 2 is 1.91 bits per heavy atom. The first-order valence-electron chi connectivity index (χ1n) is 9.03. The van der Waals surface area contributed by atoms with Gasteiger partial charge in [0.1, 0.15) is 0 Å². The number of carbonyl (C=O) groups excluding carboxylic acids is 1. The number of rotatable bonds is 5. The molecule has 2 rings (SSSR count). The summed E-state index contributed by atoms with van der Waals surface area (Å²) in [5, 5.41) is 14.2. The van der Waals surface area contributed by atoms with Gasteiger partial charge in [0.25, 0.3) is 5.91 Å². The lowest BCUT2D eigenvalue weighted by atomic mass is 9.87. The SMILES string of the molecule is CC(C)(C)CN1CCCC(O)(CNCC2CCCCC2)C1=O. The normalized spacial score (nSPS) is 28.2. The van der Waals surface area contributed by atoms with Crippen molar-refractivity contribution in [2.75, 3.05) is 26.2 Å². The Kier molecular flexibility index (Phi) is 5.89. The third-order valence-corrected chi connectivity index (χ3v) is 4.94. The molecule has 0 aromatic carbocycles. The second-order valence-corrected chi connectivity index (χ2v) is 8.56. The summed E-state index contributed by atoms with van der Waals surface area (Å²) < 4.78 is 0. The third kappa shape index (κ3) is 4.95. The van der Waals surface area contributed by atoms with Gasteiger partial charge in [-0.2, -0.15) is 0 Å². The predicted octanol–water partition coefficient (Wildman–Crippen LogP) is 2.56. The van der Waals surface area contributed by atoms with Crippen molar-refractivity contribution in [1.82, 2.24) is 10.2 Å². The Bertz CT molecular complexity index is 372. The smallest absolute Gasteiger partial charge is 0.255 e. The van der Waals surface area contributed by atoms with E-state index in [2.05, 4.69) is 26.1 Å². The number of nitrogens with zero attached hydrogens (tertiary/aromatic N) is 1. The highest BCUT2D eigenvalue weighted by atomic mass is 16.3. The number of hydrogen-bond acceptors (Lipinski definition) is 3. The molecule has 0 aromatic heterocycles. The van der Waals surface area contributed by atoms with E-state index in [0.29, 0.717) is 13.0 Å². The summed E-state index contributed by atoms with van der Waals surface area (Å²) in [6, 6.07) is 0. The van der Waals surface area contributed by atoms with E-state index in [1.807, 2.05) is 4.90 Å². The number of nitrogens with one attached hydrogen (secondary N) is 1. The van der Waals surface area contributed by atoms with E-state index in [-0.39, 0.29) is 11.3 Å². The molecule has 1 unspecified atom stereocenters. The van der Waals surface area contributed by atoms with Gasteiger partial charge in [-0.25, -0.2) is 0 Å². The van der Waals surface area contributed by atoms with Crippen LogP contribution in [0.25, 0.3) is 0 Å². The number of amides is 1. The van der Waals surface area contributed by atoms with Crippen LogP contribution in [-0.2, 0) is 4.79 Å². The average molecular weight is 310 g/mol. The van der Waals surface area contributed by atoms with Crippen molar-refractivity contribution < 1.29 is 9.90 Å². The lowest BCUT2D eigenvalue weighted by molar-refractivity contribution is -0.158. The molecule has 0 radical (unpaired) electrons. The van der Waals surface area contributed by atoms with Crippen LogP contribution in [0.15, 0.2) is 0 Å². The van der Waals surface area contributed by atoms with Gasteiger partial charge < -0.3 is 15.3 Å². The van der Waals surface area contributed by atoms with Crippen LogP contribution in [0.3, 0.4) is 0 Å². The molecule has 128 valence electrons. The molecule has 1 amide bonds. The van der Waals surface area contributed by atoms with Crippen LogP contribution in [0.2, 0.25) is 0 Å². The summed E-state index contributed by atoms with van der Waals surface area (Å²) in [4.78, 5) is 14.5. The molecule has 2 aliphatic rings. The van der Waals surface area contributed by atoms with Crippen molar-refractivity contribution in [2.24, 2.45) is 11.3 Å². The van der Waals surface area contributed by atoms with Gasteiger partial charge in [-0.1, -0.05) is 40.0 Å². The molecule has 0 spiro atoms. The van der Waals surface area contributed by atoms with E-state index in [0.717, 1.165) is 32.0 Å². The molecule has 2 N–H and O–H groups in total. The van der Waals surface area contributed by atoms with Crippen LogP contribution in [-0.4, -0.2) is 47.7 Å². The summed E-state index contributed by atoms with van der Waals surface area (Å²) in [5.74, 6) is 0.645. The van der Waals surface area contributed by atoms with Crippen molar-refractivity contribution in [3.63, 3.8) is 0 Å². The number of likely N-dealkylation sites (tertiary alicyclic amines) is 1. The Balaban J connectivity index is 1.83. The van der Waals surface area contributed by atoms with Gasteiger partial charge in [0.2, 0.25) is 0 Å². The molecule has 0 bridgehead atoms. The molecular weight excluding hydrogens is 276 g/mol. The van der Waals surface area contributed by atoms with Gasteiger partial charge in [-0.3, -0.25) is 4.79 Å². The minimum atomic E-state index is -1.20. The summed E-state index contributed by atoms with van der Waals surface area (Å²) in [7, 11) is 0. The van der Waals surface area contributed by atoms with Gasteiger partial charge in [0, 0.05) is 19.6 Å². The average Bonchev–Trinajstić information content (AvgIpc) is 2.44. The van der Waals surface area contributed by atoms with Gasteiger partial charge in [0.05, 0.1) is 0 Å². The lowest BCUT2D eigenvalue weighted by Crippen LogP contribution is -2.59. The lowest BCUT2D eigenvalue weighted by Gasteiger charge is -2.41. The molecule has 4 heteroatoms. The number of hydrogen-bond donors (Lipinski definition) is 2. The van der Waals surface area contributed by atoms with Crippen molar-refractivity contribution in [1.29, 1.82) is 0 Å². The van der Waals surface area contributed by atoms with E-state index in [1.54, 1.807) is 0 Å². The van der Waals surface area contributed by atoms with Crippen molar-refractivity contribution >= 4 is 5.91 Å². The monoisotopic (exact) mass is 310 g/mol. The van der Waals surface area contributed by atoms with Crippen molar-refractivity contribution in [2.45, 2.75) is 71.3 Å². The summed E-state index contributed by atoms with van der Waals surface area (Å²) in [6.45, 7) is 9.25. The van der Waals surface area contributed by atoms with Crippen LogP contribution < -0.4 is 5.32 Å². The fraction of sp³-hybridized carbons (Fsp3) is 0.944. The molecule has 4 nitrogen and oxygen atoms in total. The van der Waals surface area contributed by atoms with Crippen LogP contribution in [0.4, 0.5) is 0 Å². The molecule has 1 aliphatic heterocycles. The maximum atomic E-state index is 12.6. The quantitative estimate of drug-likeness (QED) is 0.820. The maximum absolute atomic E-state index is 12.6. The summed E-state index contributed by atoms with van der Waals surface area (Å²) in [6.07, 6.45) is 8.07. The Morgan fingerprint density at radius 3 is 2.55 bits per heavy atom. The molecule has 22 heavy (non-hydrogen) atoms. The fourth-order valence-electron chi connectivity index (χ4n) is 3.83. The first-order chi connectivity index (χ1) is 10.3. The summed E-state index contributed by atoms with van der Waals surface area (Å²) in [5.41, 5.74) is -1.12. The van der Waals surface area contributed by atoms with E-state index >= 15 is 0 Å². The summed E-state index contributed by atoms with van der Waals surface area (Å²) >= 11 is 0. The van der Waals surface area contributed by atoms with Gasteiger partial charge in [-0.05, 0) is 43.6 Å². The second kappa shape index (κ2) is 7.31. The molecule has 1 saturated heterocycles. The molecule has 1 saturated carbocycles. The van der Waals surface area contributed by atoms with Crippen molar-refractivity contribution in [3.8, 4) is 0 Å². The maximum Gasteiger partial charge on any atom is 0.255 e. The van der Waals surface area contributed by atoms with Crippen LogP contribution in [0, 0.1) is 11.3 Å². The van der Waals surface area contributed by atoms with Crippen molar-refractivity contribution in [3.05, 3.63) is 0 Å². The van der Waals surface area contributed by atoms with Gasteiger partial charge in [0.15, 0.2) is 5.60 Å². The van der Waals surface area contributed by atoms with E-state index < -0.39 is 5.60 Å². The first kappa shape index (κ1) is 17.7. The number of aliphatic hydroxyl groups is 1. The topological polar surface area (TPSA) is 52.6 Å². The Labute approximate surface area is 135 Å². The molecule has 0 aromatic rings. The second-order valence-electron chi connectivity index (χ2n) is 8.56.